The molecule has 2 aromatic heterocycles. The molecule has 0 bridgehead atoms. The van der Waals surface area contributed by atoms with Crippen molar-refractivity contribution in [3.8, 4) is 5.69 Å². The molecule has 0 atom stereocenters. The number of hydrogen-bond acceptors (Lipinski definition) is 3. The van der Waals surface area contributed by atoms with E-state index in [0.29, 0.717) is 11.4 Å². The molecule has 1 amide bonds. The van der Waals surface area contributed by atoms with E-state index in [9.17, 15) is 4.79 Å². The number of benzene rings is 1. The van der Waals surface area contributed by atoms with E-state index in [2.05, 4.69) is 33.7 Å². The van der Waals surface area contributed by atoms with Crippen LogP contribution in [-0.2, 0) is 7.05 Å². The highest BCUT2D eigenvalue weighted by molar-refractivity contribution is 6.03. The second-order valence-corrected chi connectivity index (χ2v) is 5.64. The van der Waals surface area contributed by atoms with Gasteiger partial charge in [0.2, 0.25) is 0 Å². The highest BCUT2D eigenvalue weighted by Crippen LogP contribution is 2.22. The summed E-state index contributed by atoms with van der Waals surface area (Å²) in [5.74, 6) is -0.200. The van der Waals surface area contributed by atoms with Crippen molar-refractivity contribution in [2.24, 2.45) is 7.05 Å². The van der Waals surface area contributed by atoms with Gasteiger partial charge in [-0.2, -0.15) is 10.2 Å². The molecule has 0 aliphatic rings. The lowest BCUT2D eigenvalue weighted by Gasteiger charge is -2.10. The van der Waals surface area contributed by atoms with Gasteiger partial charge >= 0.3 is 0 Å². The summed E-state index contributed by atoms with van der Waals surface area (Å²) >= 11 is 0. The summed E-state index contributed by atoms with van der Waals surface area (Å²) in [6.07, 6.45) is 3.27. The van der Waals surface area contributed by atoms with Crippen molar-refractivity contribution in [2.45, 2.75) is 20.8 Å². The summed E-state index contributed by atoms with van der Waals surface area (Å²) in [7, 11) is 1.74. The number of nitrogens with one attached hydrogen (secondary N) is 1. The predicted octanol–water partition coefficient (Wildman–Crippen LogP) is 2.78. The van der Waals surface area contributed by atoms with Crippen LogP contribution in [0.15, 0.2) is 36.7 Å². The average Bonchev–Trinajstić information content (AvgIpc) is 3.09. The van der Waals surface area contributed by atoms with Crippen LogP contribution in [0.4, 0.5) is 5.69 Å². The average molecular weight is 309 g/mol. The van der Waals surface area contributed by atoms with E-state index in [1.807, 2.05) is 25.5 Å². The molecule has 0 spiro atoms. The first-order chi connectivity index (χ1) is 11.0. The van der Waals surface area contributed by atoms with Gasteiger partial charge in [0.15, 0.2) is 0 Å². The first-order valence-electron chi connectivity index (χ1n) is 7.39. The minimum Gasteiger partial charge on any atom is -0.318 e. The lowest BCUT2D eigenvalue weighted by Crippen LogP contribution is -2.16. The maximum atomic E-state index is 12.3. The molecule has 0 aliphatic heterocycles. The predicted molar refractivity (Wildman–Crippen MR) is 88.9 cm³/mol. The van der Waals surface area contributed by atoms with Crippen LogP contribution in [0.25, 0.3) is 5.69 Å². The Kier molecular flexibility index (Phi) is 3.73. The maximum Gasteiger partial charge on any atom is 0.274 e. The summed E-state index contributed by atoms with van der Waals surface area (Å²) in [4.78, 5) is 12.3. The highest BCUT2D eigenvalue weighted by atomic mass is 16.2. The van der Waals surface area contributed by atoms with Crippen LogP contribution < -0.4 is 5.32 Å². The Morgan fingerprint density at radius 1 is 1.13 bits per heavy atom. The third-order valence-electron chi connectivity index (χ3n) is 3.90. The smallest absolute Gasteiger partial charge is 0.274 e. The molecule has 0 aliphatic carbocycles. The van der Waals surface area contributed by atoms with Gasteiger partial charge in [-0.25, -0.2) is 4.68 Å². The van der Waals surface area contributed by atoms with E-state index in [1.165, 1.54) is 5.56 Å². The fraction of sp³-hybridized carbons (Fsp3) is 0.235. The Morgan fingerprint density at radius 2 is 1.91 bits per heavy atom. The maximum absolute atomic E-state index is 12.3. The first kappa shape index (κ1) is 15.0. The van der Waals surface area contributed by atoms with Crippen LogP contribution >= 0.6 is 0 Å². The Labute approximate surface area is 134 Å². The molecule has 0 saturated carbocycles. The van der Waals surface area contributed by atoms with Crippen molar-refractivity contribution in [1.82, 2.24) is 19.6 Å². The molecule has 1 aromatic carbocycles. The Balaban J connectivity index is 1.92. The molecule has 6 nitrogen and oxygen atoms in total. The fourth-order valence-corrected chi connectivity index (χ4v) is 2.51. The van der Waals surface area contributed by atoms with Crippen LogP contribution in [0.5, 0.6) is 0 Å². The summed E-state index contributed by atoms with van der Waals surface area (Å²) in [5.41, 5.74) is 5.39. The highest BCUT2D eigenvalue weighted by Gasteiger charge is 2.15. The standard InChI is InChI=1S/C17H19N5O/c1-11-5-6-12(2)16(9-11)22-13(3)14(10-19-22)20-17(23)15-7-8-18-21(15)4/h5-10H,1-4H3,(H,20,23). The molecule has 23 heavy (non-hydrogen) atoms. The molecular weight excluding hydrogens is 290 g/mol. The third-order valence-corrected chi connectivity index (χ3v) is 3.90. The van der Waals surface area contributed by atoms with Crippen LogP contribution in [-0.4, -0.2) is 25.5 Å². The number of aryl methyl sites for hydroxylation is 3. The second-order valence-electron chi connectivity index (χ2n) is 5.64. The number of carbonyl (C=O) groups is 1. The molecule has 118 valence electrons. The van der Waals surface area contributed by atoms with Gasteiger partial charge in [0, 0.05) is 13.2 Å². The van der Waals surface area contributed by atoms with Crippen molar-refractivity contribution in [3.63, 3.8) is 0 Å². The summed E-state index contributed by atoms with van der Waals surface area (Å²) in [6.45, 7) is 6.03. The topological polar surface area (TPSA) is 64.7 Å². The first-order valence-corrected chi connectivity index (χ1v) is 7.39. The number of hydrogen-bond donors (Lipinski definition) is 1. The van der Waals surface area contributed by atoms with E-state index in [1.54, 1.807) is 30.2 Å². The van der Waals surface area contributed by atoms with E-state index in [0.717, 1.165) is 16.9 Å². The minimum absolute atomic E-state index is 0.200. The van der Waals surface area contributed by atoms with Crippen LogP contribution in [0.2, 0.25) is 0 Å². The minimum atomic E-state index is -0.200. The number of anilines is 1. The van der Waals surface area contributed by atoms with Crippen molar-refractivity contribution < 1.29 is 4.79 Å². The molecule has 1 N–H and O–H groups in total. The molecule has 2 heterocycles. The summed E-state index contributed by atoms with van der Waals surface area (Å²) in [6, 6.07) is 7.91. The van der Waals surface area contributed by atoms with Crippen LogP contribution in [0.1, 0.15) is 27.3 Å². The Morgan fingerprint density at radius 3 is 2.61 bits per heavy atom. The Bertz CT molecular complexity index is 875. The van der Waals surface area contributed by atoms with Gasteiger partial charge in [-0.1, -0.05) is 12.1 Å². The zero-order chi connectivity index (χ0) is 16.6. The number of aromatic nitrogens is 4. The van der Waals surface area contributed by atoms with Crippen LogP contribution in [0.3, 0.4) is 0 Å². The van der Waals surface area contributed by atoms with E-state index in [4.69, 9.17) is 0 Å². The largest absolute Gasteiger partial charge is 0.318 e. The van der Waals surface area contributed by atoms with Gasteiger partial charge in [0.25, 0.3) is 5.91 Å². The SMILES string of the molecule is Cc1ccc(C)c(-n2ncc(NC(=O)c3ccnn3C)c2C)c1. The summed E-state index contributed by atoms with van der Waals surface area (Å²) in [5, 5.41) is 11.3. The lowest BCUT2D eigenvalue weighted by atomic mass is 10.1. The van der Waals surface area contributed by atoms with Gasteiger partial charge < -0.3 is 5.32 Å². The van der Waals surface area contributed by atoms with Crippen molar-refractivity contribution in [3.05, 3.63) is 59.2 Å². The van der Waals surface area contributed by atoms with Gasteiger partial charge in [0.1, 0.15) is 5.69 Å². The Hall–Kier alpha value is -2.89. The molecule has 0 unspecified atom stereocenters. The van der Waals surface area contributed by atoms with Crippen molar-refractivity contribution in [2.75, 3.05) is 5.32 Å². The van der Waals surface area contributed by atoms with Gasteiger partial charge in [-0.3, -0.25) is 9.48 Å². The monoisotopic (exact) mass is 309 g/mol. The van der Waals surface area contributed by atoms with Crippen LogP contribution in [0, 0.1) is 20.8 Å². The van der Waals surface area contributed by atoms with Crippen molar-refractivity contribution >= 4 is 11.6 Å². The van der Waals surface area contributed by atoms with Gasteiger partial charge in [0.05, 0.1) is 23.3 Å². The quantitative estimate of drug-likeness (QED) is 0.809. The van der Waals surface area contributed by atoms with E-state index >= 15 is 0 Å². The number of nitrogens with zero attached hydrogens (tertiary/aromatic N) is 4. The van der Waals surface area contributed by atoms with Gasteiger partial charge in [-0.15, -0.1) is 0 Å². The second kappa shape index (κ2) is 5.72. The molecule has 3 rings (SSSR count). The van der Waals surface area contributed by atoms with Gasteiger partial charge in [-0.05, 0) is 44.0 Å². The van der Waals surface area contributed by atoms with Crippen molar-refractivity contribution in [1.29, 1.82) is 0 Å². The lowest BCUT2D eigenvalue weighted by molar-refractivity contribution is 0.101. The number of rotatable bonds is 3. The summed E-state index contributed by atoms with van der Waals surface area (Å²) < 4.78 is 3.39. The van der Waals surface area contributed by atoms with E-state index in [-0.39, 0.29) is 5.91 Å². The number of carbonyl (C=O) groups excluding carboxylic acids is 1. The number of amides is 1. The third kappa shape index (κ3) is 2.75. The normalized spacial score (nSPS) is 10.8. The molecule has 0 saturated heterocycles. The fourth-order valence-electron chi connectivity index (χ4n) is 2.51. The molecule has 6 heteroatoms. The molecule has 0 radical (unpaired) electrons. The zero-order valence-corrected chi connectivity index (χ0v) is 13.7. The zero-order valence-electron chi connectivity index (χ0n) is 13.7. The van der Waals surface area contributed by atoms with E-state index < -0.39 is 0 Å². The molecule has 0 fully saturated rings. The molecule has 3 aromatic rings. The molecular formula is C17H19N5O.